The van der Waals surface area contributed by atoms with Gasteiger partial charge in [0.15, 0.2) is 5.69 Å². The number of aromatic nitrogens is 1. The number of fused-ring (bicyclic) bond motifs is 1. The van der Waals surface area contributed by atoms with Crippen molar-refractivity contribution in [2.24, 2.45) is 0 Å². The molecule has 0 unspecified atom stereocenters. The van der Waals surface area contributed by atoms with Crippen LogP contribution < -0.4 is 10.6 Å². The van der Waals surface area contributed by atoms with Crippen molar-refractivity contribution in [2.75, 3.05) is 0 Å². The Kier molecular flexibility index (Phi) is 6.15. The van der Waals surface area contributed by atoms with Crippen molar-refractivity contribution in [3.63, 3.8) is 0 Å². The SMILES string of the molecule is CC(C)(C)OC(=O)N[C@H]1CC[C@H](NC(=O)c2[nH]c3cc(C#N)ccc3c2[N+](=O)[O-])CC1. The summed E-state index contributed by atoms with van der Waals surface area (Å²) in [6.45, 7) is 5.38. The maximum Gasteiger partial charge on any atom is 0.407 e. The van der Waals surface area contributed by atoms with Gasteiger partial charge in [0.05, 0.1) is 27.5 Å². The number of nitrogens with one attached hydrogen (secondary N) is 3. The minimum atomic E-state index is -0.596. The molecule has 1 saturated carbocycles. The third-order valence-corrected chi connectivity index (χ3v) is 5.09. The van der Waals surface area contributed by atoms with Gasteiger partial charge in [-0.15, -0.1) is 0 Å². The van der Waals surface area contributed by atoms with Crippen LogP contribution in [0.4, 0.5) is 10.5 Å². The van der Waals surface area contributed by atoms with Gasteiger partial charge in [-0.2, -0.15) is 5.26 Å². The summed E-state index contributed by atoms with van der Waals surface area (Å²) in [6.07, 6.45) is 2.09. The first-order valence-electron chi connectivity index (χ1n) is 10.1. The van der Waals surface area contributed by atoms with Crippen molar-refractivity contribution in [2.45, 2.75) is 64.1 Å². The predicted molar refractivity (Wildman–Crippen MR) is 113 cm³/mol. The molecule has 1 aliphatic carbocycles. The first-order valence-corrected chi connectivity index (χ1v) is 10.1. The lowest BCUT2D eigenvalue weighted by molar-refractivity contribution is -0.383. The van der Waals surface area contributed by atoms with Crippen LogP contribution in [0.1, 0.15) is 62.5 Å². The van der Waals surface area contributed by atoms with Gasteiger partial charge in [-0.05, 0) is 64.7 Å². The van der Waals surface area contributed by atoms with E-state index in [0.29, 0.717) is 36.8 Å². The number of carbonyl (C=O) groups excluding carboxylic acids is 2. The minimum Gasteiger partial charge on any atom is -0.444 e. The predicted octanol–water partition coefficient (Wildman–Crippen LogP) is 3.51. The quantitative estimate of drug-likeness (QED) is 0.502. The summed E-state index contributed by atoms with van der Waals surface area (Å²) in [4.78, 5) is 38.5. The molecule has 164 valence electrons. The van der Waals surface area contributed by atoms with E-state index in [-0.39, 0.29) is 28.9 Å². The molecule has 31 heavy (non-hydrogen) atoms. The highest BCUT2D eigenvalue weighted by molar-refractivity contribution is 6.06. The Morgan fingerprint density at radius 2 is 1.81 bits per heavy atom. The van der Waals surface area contributed by atoms with Gasteiger partial charge in [0, 0.05) is 12.1 Å². The molecule has 0 radical (unpaired) electrons. The lowest BCUT2D eigenvalue weighted by Gasteiger charge is -2.30. The van der Waals surface area contributed by atoms with Gasteiger partial charge in [0.25, 0.3) is 5.91 Å². The summed E-state index contributed by atoms with van der Waals surface area (Å²) < 4.78 is 5.26. The fourth-order valence-corrected chi connectivity index (χ4v) is 3.72. The lowest BCUT2D eigenvalue weighted by Crippen LogP contribution is -2.45. The highest BCUT2D eigenvalue weighted by Crippen LogP contribution is 2.31. The lowest BCUT2D eigenvalue weighted by atomic mass is 9.91. The van der Waals surface area contributed by atoms with E-state index in [0.717, 1.165) is 0 Å². The van der Waals surface area contributed by atoms with E-state index in [1.807, 2.05) is 6.07 Å². The van der Waals surface area contributed by atoms with Crippen molar-refractivity contribution in [1.82, 2.24) is 15.6 Å². The number of hydrogen-bond donors (Lipinski definition) is 3. The maximum atomic E-state index is 12.8. The normalized spacial score (nSPS) is 18.8. The number of nitriles is 1. The van der Waals surface area contributed by atoms with Gasteiger partial charge in [-0.3, -0.25) is 14.9 Å². The number of ether oxygens (including phenoxy) is 1. The average Bonchev–Trinajstić information content (AvgIpc) is 3.07. The van der Waals surface area contributed by atoms with Gasteiger partial charge >= 0.3 is 11.8 Å². The monoisotopic (exact) mass is 427 g/mol. The molecule has 2 amide bonds. The molecule has 10 nitrogen and oxygen atoms in total. The van der Waals surface area contributed by atoms with Crippen molar-refractivity contribution < 1.29 is 19.2 Å². The maximum absolute atomic E-state index is 12.8. The van der Waals surface area contributed by atoms with Gasteiger partial charge < -0.3 is 20.4 Å². The minimum absolute atomic E-state index is 0.0465. The van der Waals surface area contributed by atoms with E-state index in [1.54, 1.807) is 20.8 Å². The topological polar surface area (TPSA) is 150 Å². The van der Waals surface area contributed by atoms with Crippen molar-refractivity contribution in [1.29, 1.82) is 5.26 Å². The second-order valence-electron chi connectivity index (χ2n) is 8.65. The van der Waals surface area contributed by atoms with E-state index in [4.69, 9.17) is 10.00 Å². The number of amides is 2. The number of alkyl carbamates (subject to hydrolysis) is 1. The van der Waals surface area contributed by atoms with Crippen LogP contribution in [0.2, 0.25) is 0 Å². The molecular formula is C21H25N5O5. The fraction of sp³-hybridized carbons (Fsp3) is 0.476. The van der Waals surface area contributed by atoms with E-state index >= 15 is 0 Å². The largest absolute Gasteiger partial charge is 0.444 e. The molecule has 0 bridgehead atoms. The number of nitro groups is 1. The Hall–Kier alpha value is -3.61. The van der Waals surface area contributed by atoms with E-state index < -0.39 is 22.5 Å². The van der Waals surface area contributed by atoms with Crippen molar-refractivity contribution in [3.05, 3.63) is 39.6 Å². The molecule has 1 aliphatic rings. The first-order chi connectivity index (χ1) is 14.6. The van der Waals surface area contributed by atoms with E-state index in [2.05, 4.69) is 15.6 Å². The Bertz CT molecular complexity index is 1050. The van der Waals surface area contributed by atoms with Crippen LogP contribution in [0.15, 0.2) is 18.2 Å². The summed E-state index contributed by atoms with van der Waals surface area (Å²) in [6, 6.07) is 6.18. The zero-order valence-corrected chi connectivity index (χ0v) is 17.7. The third-order valence-electron chi connectivity index (χ3n) is 5.09. The van der Waals surface area contributed by atoms with Crippen LogP contribution in [-0.4, -0.2) is 39.6 Å². The van der Waals surface area contributed by atoms with Crippen LogP contribution in [0.3, 0.4) is 0 Å². The molecule has 1 fully saturated rings. The molecule has 0 spiro atoms. The highest BCUT2D eigenvalue weighted by atomic mass is 16.6. The number of benzene rings is 1. The van der Waals surface area contributed by atoms with Gasteiger partial charge in [-0.1, -0.05) is 0 Å². The number of hydrogen-bond acceptors (Lipinski definition) is 6. The molecule has 0 aliphatic heterocycles. The van der Waals surface area contributed by atoms with Crippen LogP contribution in [0.25, 0.3) is 10.9 Å². The molecule has 1 aromatic heterocycles. The summed E-state index contributed by atoms with van der Waals surface area (Å²) in [5.41, 5.74) is -0.314. The Labute approximate surface area is 179 Å². The fourth-order valence-electron chi connectivity index (χ4n) is 3.72. The molecule has 3 rings (SSSR count). The molecule has 3 N–H and O–H groups in total. The zero-order valence-electron chi connectivity index (χ0n) is 17.7. The Balaban J connectivity index is 1.64. The second-order valence-corrected chi connectivity index (χ2v) is 8.65. The van der Waals surface area contributed by atoms with Gasteiger partial charge in [0.1, 0.15) is 5.60 Å². The molecule has 0 saturated heterocycles. The van der Waals surface area contributed by atoms with Crippen LogP contribution >= 0.6 is 0 Å². The average molecular weight is 427 g/mol. The van der Waals surface area contributed by atoms with Crippen LogP contribution in [-0.2, 0) is 4.74 Å². The Morgan fingerprint density at radius 1 is 1.19 bits per heavy atom. The third kappa shape index (κ3) is 5.31. The number of H-pyrrole nitrogens is 1. The van der Waals surface area contributed by atoms with Crippen molar-refractivity contribution >= 4 is 28.6 Å². The zero-order chi connectivity index (χ0) is 22.8. The van der Waals surface area contributed by atoms with Crippen LogP contribution in [0.5, 0.6) is 0 Å². The number of nitrogens with zero attached hydrogens (tertiary/aromatic N) is 2. The molecular weight excluding hydrogens is 402 g/mol. The van der Waals surface area contributed by atoms with Gasteiger partial charge in [0.2, 0.25) is 0 Å². The Morgan fingerprint density at radius 3 is 2.35 bits per heavy atom. The van der Waals surface area contributed by atoms with Crippen LogP contribution in [0, 0.1) is 21.4 Å². The summed E-state index contributed by atoms with van der Waals surface area (Å²) in [5.74, 6) is -0.565. The smallest absolute Gasteiger partial charge is 0.407 e. The standard InChI is InChI=1S/C21H25N5O5/c1-21(2,3)31-20(28)24-14-7-5-13(6-8-14)23-19(27)17-18(26(29)30)15-9-4-12(11-22)10-16(15)25-17/h4,9-10,13-14,25H,5-8H2,1-3H3,(H,23,27)(H,24,28)/t13-,14-. The molecule has 2 aromatic rings. The molecule has 10 heteroatoms. The summed E-state index contributed by atoms with van der Waals surface area (Å²) in [5, 5.41) is 26.6. The number of rotatable bonds is 4. The molecule has 0 atom stereocenters. The molecule has 1 aromatic carbocycles. The van der Waals surface area contributed by atoms with Crippen molar-refractivity contribution in [3.8, 4) is 6.07 Å². The van der Waals surface area contributed by atoms with Gasteiger partial charge in [-0.25, -0.2) is 4.79 Å². The van der Waals surface area contributed by atoms with E-state index in [9.17, 15) is 19.7 Å². The summed E-state index contributed by atoms with van der Waals surface area (Å²) in [7, 11) is 0. The first kappa shape index (κ1) is 22.1. The highest BCUT2D eigenvalue weighted by Gasteiger charge is 2.30. The second kappa shape index (κ2) is 8.63. The number of carbonyl (C=O) groups is 2. The number of aromatic amines is 1. The van der Waals surface area contributed by atoms with E-state index in [1.165, 1.54) is 18.2 Å². The summed E-state index contributed by atoms with van der Waals surface area (Å²) >= 11 is 0. The molecule has 1 heterocycles.